The van der Waals surface area contributed by atoms with E-state index in [1.54, 1.807) is 30.3 Å². The van der Waals surface area contributed by atoms with E-state index in [1.807, 2.05) is 0 Å². The molecule has 2 aliphatic heterocycles. The number of fused-ring (bicyclic) bond motifs is 6. The van der Waals surface area contributed by atoms with E-state index in [2.05, 4.69) is 10.6 Å². The largest absolute Gasteiger partial charge is 0.508 e. The van der Waals surface area contributed by atoms with Gasteiger partial charge in [-0.05, 0) is 55.0 Å². The van der Waals surface area contributed by atoms with Gasteiger partial charge in [0.2, 0.25) is 11.8 Å². The Balaban J connectivity index is 1.27. The van der Waals surface area contributed by atoms with Gasteiger partial charge in [0.15, 0.2) is 10.7 Å². The smallest absolute Gasteiger partial charge is 0.340 e. The van der Waals surface area contributed by atoms with Crippen molar-refractivity contribution in [3.05, 3.63) is 76.9 Å². The van der Waals surface area contributed by atoms with Gasteiger partial charge in [0.1, 0.15) is 23.0 Å². The second-order valence-electron chi connectivity index (χ2n) is 9.85. The van der Waals surface area contributed by atoms with E-state index in [4.69, 9.17) is 37.9 Å². The Labute approximate surface area is 245 Å². The van der Waals surface area contributed by atoms with Crippen molar-refractivity contribution in [1.29, 1.82) is 0 Å². The van der Waals surface area contributed by atoms with Gasteiger partial charge in [-0.25, -0.2) is 4.79 Å². The number of rotatable bonds is 10. The standard InChI is InChI=1S/C29H28N4O8S/c30-25(36)11-15(26(31)37)7-9-39-10-8-32-28(42)33-16-1-4-20-19(12-16)27(38)41-29(20)21-5-2-17(34)13-23(21)40-24-14-18(35)3-6-22(24)29/h1-6,12-15,34-35H,7-11H2,(H2,30,36)(H2,31,37)(H2,32,33,42). The van der Waals surface area contributed by atoms with Crippen LogP contribution in [0.15, 0.2) is 54.6 Å². The summed E-state index contributed by atoms with van der Waals surface area (Å²) in [6.45, 7) is 0.842. The quantitative estimate of drug-likeness (QED) is 0.115. The summed E-state index contributed by atoms with van der Waals surface area (Å²) < 4.78 is 17.5. The molecule has 0 saturated carbocycles. The van der Waals surface area contributed by atoms with E-state index in [0.717, 1.165) is 0 Å². The van der Waals surface area contributed by atoms with Gasteiger partial charge in [-0.2, -0.15) is 0 Å². The molecule has 5 rings (SSSR count). The maximum atomic E-state index is 13.2. The van der Waals surface area contributed by atoms with Gasteiger partial charge in [-0.1, -0.05) is 6.07 Å². The predicted octanol–water partition coefficient (Wildman–Crippen LogP) is 2.34. The summed E-state index contributed by atoms with van der Waals surface area (Å²) >= 11 is 5.37. The Morgan fingerprint density at radius 1 is 0.952 bits per heavy atom. The summed E-state index contributed by atoms with van der Waals surface area (Å²) in [5, 5.41) is 26.4. The average molecular weight is 593 g/mol. The van der Waals surface area contributed by atoms with E-state index in [9.17, 15) is 24.6 Å². The molecule has 1 atom stereocenters. The second kappa shape index (κ2) is 11.5. The summed E-state index contributed by atoms with van der Waals surface area (Å²) in [6, 6.07) is 14.3. The van der Waals surface area contributed by atoms with Gasteiger partial charge in [0.25, 0.3) is 0 Å². The number of thiocarbonyl (C=S) groups is 1. The number of carbonyl (C=O) groups is 3. The van der Waals surface area contributed by atoms with Gasteiger partial charge in [-0.3, -0.25) is 9.59 Å². The van der Waals surface area contributed by atoms with E-state index in [1.165, 1.54) is 24.3 Å². The number of anilines is 1. The summed E-state index contributed by atoms with van der Waals surface area (Å²) in [5.41, 5.74) is 11.5. The fourth-order valence-electron chi connectivity index (χ4n) is 5.11. The molecular formula is C29H28N4O8S. The topological polar surface area (TPSA) is 195 Å². The predicted molar refractivity (Wildman–Crippen MR) is 154 cm³/mol. The van der Waals surface area contributed by atoms with E-state index < -0.39 is 29.3 Å². The van der Waals surface area contributed by atoms with Crippen molar-refractivity contribution in [2.24, 2.45) is 17.4 Å². The molecule has 218 valence electrons. The number of ether oxygens (including phenoxy) is 3. The lowest BCUT2D eigenvalue weighted by atomic mass is 9.77. The number of nitrogens with one attached hydrogen (secondary N) is 2. The van der Waals surface area contributed by atoms with Crippen LogP contribution in [-0.4, -0.2) is 52.9 Å². The Kier molecular flexibility index (Phi) is 7.87. The number of benzene rings is 3. The molecule has 2 aliphatic rings. The lowest BCUT2D eigenvalue weighted by Gasteiger charge is -2.36. The van der Waals surface area contributed by atoms with Crippen LogP contribution in [0.1, 0.15) is 39.9 Å². The highest BCUT2D eigenvalue weighted by molar-refractivity contribution is 7.80. The molecule has 8 N–H and O–H groups in total. The van der Waals surface area contributed by atoms with Gasteiger partial charge < -0.3 is 46.5 Å². The van der Waals surface area contributed by atoms with Crippen LogP contribution in [0.4, 0.5) is 5.69 Å². The van der Waals surface area contributed by atoms with Gasteiger partial charge >= 0.3 is 5.97 Å². The zero-order valence-electron chi connectivity index (χ0n) is 22.2. The zero-order valence-corrected chi connectivity index (χ0v) is 23.0. The van der Waals surface area contributed by atoms with Gasteiger partial charge in [-0.15, -0.1) is 0 Å². The highest BCUT2D eigenvalue weighted by Crippen LogP contribution is 2.57. The van der Waals surface area contributed by atoms with Gasteiger partial charge in [0.05, 0.1) is 12.2 Å². The summed E-state index contributed by atoms with van der Waals surface area (Å²) in [7, 11) is 0. The SMILES string of the molecule is NC(=O)CC(CCOCCNC(=S)Nc1ccc2c(c1)C(=O)OC21c2ccc(O)cc2Oc2cc(O)ccc21)C(N)=O. The highest BCUT2D eigenvalue weighted by atomic mass is 32.1. The summed E-state index contributed by atoms with van der Waals surface area (Å²) in [6.07, 6.45) is 0.150. The van der Waals surface area contributed by atoms with Crippen molar-refractivity contribution in [3.8, 4) is 23.0 Å². The van der Waals surface area contributed by atoms with Gasteiger partial charge in [0, 0.05) is 60.0 Å². The van der Waals surface area contributed by atoms with Crippen molar-refractivity contribution < 1.29 is 38.8 Å². The fourth-order valence-corrected chi connectivity index (χ4v) is 5.33. The monoisotopic (exact) mass is 592 g/mol. The molecule has 12 nitrogen and oxygen atoms in total. The molecule has 0 aliphatic carbocycles. The molecule has 0 bridgehead atoms. The first-order valence-electron chi connectivity index (χ1n) is 13.0. The lowest BCUT2D eigenvalue weighted by molar-refractivity contribution is -0.127. The molecule has 1 spiro atoms. The third-order valence-electron chi connectivity index (χ3n) is 7.02. The van der Waals surface area contributed by atoms with Crippen molar-refractivity contribution in [1.82, 2.24) is 5.32 Å². The molecule has 0 aromatic heterocycles. The molecule has 3 aromatic carbocycles. The molecule has 42 heavy (non-hydrogen) atoms. The van der Waals surface area contributed by atoms with Crippen molar-refractivity contribution >= 4 is 40.8 Å². The van der Waals surface area contributed by atoms with Crippen molar-refractivity contribution in [2.45, 2.75) is 18.4 Å². The summed E-state index contributed by atoms with van der Waals surface area (Å²) in [4.78, 5) is 35.7. The normalized spacial score (nSPS) is 14.5. The third-order valence-corrected chi connectivity index (χ3v) is 7.27. The van der Waals surface area contributed by atoms with Crippen LogP contribution in [0.5, 0.6) is 23.0 Å². The lowest BCUT2D eigenvalue weighted by Crippen LogP contribution is -2.33. The fraction of sp³-hybridized carbons (Fsp3) is 0.241. The number of hydrogen-bond donors (Lipinski definition) is 6. The average Bonchev–Trinajstić information content (AvgIpc) is 3.21. The molecule has 0 radical (unpaired) electrons. The Morgan fingerprint density at radius 2 is 1.60 bits per heavy atom. The number of hydrogen-bond acceptors (Lipinski definition) is 9. The van der Waals surface area contributed by atoms with Crippen LogP contribution in [0.2, 0.25) is 0 Å². The van der Waals surface area contributed by atoms with Crippen LogP contribution in [0.25, 0.3) is 0 Å². The minimum absolute atomic E-state index is 0.0269. The van der Waals surface area contributed by atoms with E-state index in [0.29, 0.717) is 46.0 Å². The van der Waals surface area contributed by atoms with E-state index in [-0.39, 0.29) is 42.7 Å². The number of esters is 1. The minimum Gasteiger partial charge on any atom is -0.508 e. The second-order valence-corrected chi connectivity index (χ2v) is 10.3. The number of amides is 2. The molecular weight excluding hydrogens is 564 g/mol. The van der Waals surface area contributed by atoms with Crippen LogP contribution in [-0.2, 0) is 24.7 Å². The first-order chi connectivity index (χ1) is 20.1. The molecule has 1 unspecified atom stereocenters. The molecule has 2 heterocycles. The molecule has 0 fully saturated rings. The molecule has 3 aromatic rings. The molecule has 0 saturated heterocycles. The van der Waals surface area contributed by atoms with E-state index >= 15 is 0 Å². The Bertz CT molecular complexity index is 1540. The maximum absolute atomic E-state index is 13.2. The maximum Gasteiger partial charge on any atom is 0.340 e. The molecule has 2 amide bonds. The minimum atomic E-state index is -1.35. The molecule has 13 heteroatoms. The first-order valence-corrected chi connectivity index (χ1v) is 13.4. The first kappa shape index (κ1) is 28.6. The number of phenolic OH excluding ortho intramolecular Hbond substituents is 2. The number of primary amides is 2. The number of carbonyl (C=O) groups excluding carboxylic acids is 3. The Morgan fingerprint density at radius 3 is 2.21 bits per heavy atom. The highest BCUT2D eigenvalue weighted by Gasteiger charge is 2.53. The number of phenols is 2. The summed E-state index contributed by atoms with van der Waals surface area (Å²) in [5.74, 6) is -1.91. The number of aromatic hydroxyl groups is 2. The van der Waals surface area contributed by atoms with Crippen LogP contribution in [0.3, 0.4) is 0 Å². The van der Waals surface area contributed by atoms with Crippen LogP contribution >= 0.6 is 12.2 Å². The number of nitrogens with two attached hydrogens (primary N) is 2. The third kappa shape index (κ3) is 5.51. The van der Waals surface area contributed by atoms with Crippen molar-refractivity contribution in [2.75, 3.05) is 25.1 Å². The van der Waals surface area contributed by atoms with Crippen molar-refractivity contribution in [3.63, 3.8) is 0 Å². The van der Waals surface area contributed by atoms with Crippen LogP contribution in [0, 0.1) is 5.92 Å². The Hall–Kier alpha value is -4.88. The zero-order chi connectivity index (χ0) is 30.0. The van der Waals surface area contributed by atoms with Crippen LogP contribution < -0.4 is 26.8 Å².